The minimum absolute atomic E-state index is 0.568. The third kappa shape index (κ3) is 8.20. The molecule has 0 rings (SSSR count). The van der Waals surface area contributed by atoms with E-state index < -0.39 is 0 Å². The van der Waals surface area contributed by atoms with Crippen molar-refractivity contribution >= 4 is 29.2 Å². The summed E-state index contributed by atoms with van der Waals surface area (Å²) < 4.78 is 0.568. The first-order chi connectivity index (χ1) is 4.77. The van der Waals surface area contributed by atoms with Crippen LogP contribution in [0.1, 0.15) is 13.3 Å². The monoisotopic (exact) mass is 178 g/mol. The molecular weight excluding hydrogens is 164 g/mol. The lowest BCUT2D eigenvalue weighted by atomic mass is 10.5. The number of hydrogen-bond donors (Lipinski definition) is 3. The van der Waals surface area contributed by atoms with Crippen molar-refractivity contribution in [1.29, 1.82) is 0 Å². The largest absolute Gasteiger partial charge is 0.370 e. The molecule has 0 amide bonds. The fourth-order valence-electron chi connectivity index (χ4n) is 0.560. The Kier molecular flexibility index (Phi) is 7.45. The average Bonchev–Trinajstić information content (AvgIpc) is 1.87. The van der Waals surface area contributed by atoms with Gasteiger partial charge in [-0.25, -0.2) is 0 Å². The van der Waals surface area contributed by atoms with Gasteiger partial charge in [-0.3, -0.25) is 0 Å². The zero-order valence-corrected chi connectivity index (χ0v) is 7.89. The summed E-state index contributed by atoms with van der Waals surface area (Å²) >= 11 is 8.61. The highest BCUT2D eigenvalue weighted by Gasteiger charge is 1.85. The molecule has 0 spiro atoms. The Morgan fingerprint density at radius 1 is 1.40 bits per heavy atom. The van der Waals surface area contributed by atoms with E-state index in [4.69, 9.17) is 12.2 Å². The zero-order chi connectivity index (χ0) is 7.82. The number of nitrogens with one attached hydrogen (secondary N) is 2. The lowest BCUT2D eigenvalue weighted by molar-refractivity contribution is 0.662. The molecule has 4 heteroatoms. The van der Waals surface area contributed by atoms with Crippen molar-refractivity contribution in [3.8, 4) is 0 Å². The summed E-state index contributed by atoms with van der Waals surface area (Å²) in [4.78, 5) is 0. The highest BCUT2D eigenvalue weighted by atomic mass is 32.1. The highest BCUT2D eigenvalue weighted by Crippen LogP contribution is 1.75. The van der Waals surface area contributed by atoms with E-state index in [0.29, 0.717) is 4.32 Å². The second-order valence-corrected chi connectivity index (χ2v) is 3.14. The first kappa shape index (κ1) is 10.2. The number of thiocarbonyl (C=S) groups is 1. The summed E-state index contributed by atoms with van der Waals surface area (Å²) in [6.07, 6.45) is 1.17. The molecule has 0 radical (unpaired) electrons. The van der Waals surface area contributed by atoms with Gasteiger partial charge in [0.05, 0.1) is 0 Å². The quantitative estimate of drug-likeness (QED) is 0.330. The van der Waals surface area contributed by atoms with E-state index >= 15 is 0 Å². The maximum Gasteiger partial charge on any atom is 0.130 e. The van der Waals surface area contributed by atoms with Crippen LogP contribution in [-0.4, -0.2) is 24.0 Å². The van der Waals surface area contributed by atoms with Crippen LogP contribution >= 0.6 is 24.8 Å². The lowest BCUT2D eigenvalue weighted by Crippen LogP contribution is -2.28. The summed E-state index contributed by atoms with van der Waals surface area (Å²) in [6.45, 7) is 5.03. The molecule has 0 aromatic rings. The Bertz CT molecular complexity index is 95.7. The van der Waals surface area contributed by atoms with Gasteiger partial charge >= 0.3 is 0 Å². The molecule has 0 saturated heterocycles. The summed E-state index contributed by atoms with van der Waals surface area (Å²) in [5, 5.41) is 6.17. The van der Waals surface area contributed by atoms with E-state index in [1.165, 1.54) is 6.42 Å². The molecule has 2 nitrogen and oxygen atoms in total. The Labute approximate surface area is 73.2 Å². The maximum absolute atomic E-state index is 4.70. The van der Waals surface area contributed by atoms with Crippen LogP contribution in [0.4, 0.5) is 0 Å². The van der Waals surface area contributed by atoms with Gasteiger partial charge in [-0.15, -0.1) is 12.6 Å². The van der Waals surface area contributed by atoms with Crippen molar-refractivity contribution in [2.45, 2.75) is 13.3 Å². The van der Waals surface area contributed by atoms with E-state index in [1.807, 2.05) is 0 Å². The number of hydrogen-bond acceptors (Lipinski definition) is 2. The third-order valence-corrected chi connectivity index (χ3v) is 1.31. The second kappa shape index (κ2) is 7.31. The van der Waals surface area contributed by atoms with Crippen LogP contribution in [-0.2, 0) is 0 Å². The van der Waals surface area contributed by atoms with Gasteiger partial charge in [-0.2, -0.15) is 0 Å². The summed E-state index contributed by atoms with van der Waals surface area (Å²) in [5.74, 6) is 0. The van der Waals surface area contributed by atoms with Crippen LogP contribution in [0.25, 0.3) is 0 Å². The van der Waals surface area contributed by atoms with Crippen LogP contribution in [0.15, 0.2) is 0 Å². The number of rotatable bonds is 5. The van der Waals surface area contributed by atoms with Crippen LogP contribution in [0, 0.1) is 0 Å². The molecule has 0 saturated carbocycles. The summed E-state index contributed by atoms with van der Waals surface area (Å²) in [6, 6.07) is 0. The molecule has 0 heterocycles. The van der Waals surface area contributed by atoms with Crippen LogP contribution in [0.3, 0.4) is 0 Å². The predicted octanol–water partition coefficient (Wildman–Crippen LogP) is 0.790. The summed E-state index contributed by atoms with van der Waals surface area (Å²) in [7, 11) is 0. The highest BCUT2D eigenvalue weighted by molar-refractivity contribution is 8.11. The van der Waals surface area contributed by atoms with E-state index in [2.05, 4.69) is 30.2 Å². The molecular formula is C6H14N2S2. The van der Waals surface area contributed by atoms with Crippen LogP contribution < -0.4 is 10.6 Å². The normalized spacial score (nSPS) is 9.40. The van der Waals surface area contributed by atoms with Gasteiger partial charge in [-0.1, -0.05) is 19.1 Å². The molecule has 0 aliphatic carbocycles. The van der Waals surface area contributed by atoms with Crippen LogP contribution in [0.2, 0.25) is 0 Å². The molecule has 0 aliphatic heterocycles. The molecule has 2 N–H and O–H groups in total. The topological polar surface area (TPSA) is 24.1 Å². The van der Waals surface area contributed by atoms with E-state index in [0.717, 1.165) is 19.6 Å². The molecule has 0 bridgehead atoms. The zero-order valence-electron chi connectivity index (χ0n) is 6.18. The van der Waals surface area contributed by atoms with Crippen molar-refractivity contribution in [2.75, 3.05) is 19.6 Å². The average molecular weight is 178 g/mol. The molecule has 0 unspecified atom stereocenters. The SMILES string of the molecule is CCCNCCNC(=S)S. The second-order valence-electron chi connectivity index (χ2n) is 1.98. The Morgan fingerprint density at radius 3 is 2.60 bits per heavy atom. The molecule has 0 atom stereocenters. The smallest absolute Gasteiger partial charge is 0.130 e. The van der Waals surface area contributed by atoms with Crippen molar-refractivity contribution in [1.82, 2.24) is 10.6 Å². The van der Waals surface area contributed by atoms with Gasteiger partial charge in [-0.05, 0) is 13.0 Å². The van der Waals surface area contributed by atoms with Crippen molar-refractivity contribution < 1.29 is 0 Å². The van der Waals surface area contributed by atoms with E-state index in [9.17, 15) is 0 Å². The minimum atomic E-state index is 0.568. The minimum Gasteiger partial charge on any atom is -0.370 e. The van der Waals surface area contributed by atoms with Gasteiger partial charge in [0, 0.05) is 13.1 Å². The fourth-order valence-corrected chi connectivity index (χ4v) is 0.773. The van der Waals surface area contributed by atoms with Crippen molar-refractivity contribution in [3.63, 3.8) is 0 Å². The first-order valence-electron chi connectivity index (χ1n) is 3.45. The molecule has 60 valence electrons. The third-order valence-electron chi connectivity index (χ3n) is 1.00. The van der Waals surface area contributed by atoms with Crippen molar-refractivity contribution in [3.05, 3.63) is 0 Å². The lowest BCUT2D eigenvalue weighted by Gasteiger charge is -2.03. The van der Waals surface area contributed by atoms with Gasteiger partial charge in [0.25, 0.3) is 0 Å². The maximum atomic E-state index is 4.70. The molecule has 10 heavy (non-hydrogen) atoms. The Balaban J connectivity index is 2.84. The van der Waals surface area contributed by atoms with Gasteiger partial charge < -0.3 is 10.6 Å². The molecule has 0 aromatic heterocycles. The Hall–Kier alpha value is 0.200. The predicted molar refractivity (Wildman–Crippen MR) is 52.7 cm³/mol. The summed E-state index contributed by atoms with van der Waals surface area (Å²) in [5.41, 5.74) is 0. The van der Waals surface area contributed by atoms with Gasteiger partial charge in [0.1, 0.15) is 4.32 Å². The standard InChI is InChI=1S/C6H14N2S2/c1-2-3-7-4-5-8-6(9)10/h7H,2-5H2,1H3,(H2,8,9,10). The van der Waals surface area contributed by atoms with E-state index in [1.54, 1.807) is 0 Å². The van der Waals surface area contributed by atoms with E-state index in [-0.39, 0.29) is 0 Å². The number of thiol groups is 1. The Morgan fingerprint density at radius 2 is 2.10 bits per heavy atom. The fraction of sp³-hybridized carbons (Fsp3) is 0.833. The van der Waals surface area contributed by atoms with Gasteiger partial charge in [0.15, 0.2) is 0 Å². The van der Waals surface area contributed by atoms with Crippen molar-refractivity contribution in [2.24, 2.45) is 0 Å². The molecule has 0 aromatic carbocycles. The molecule has 0 aliphatic rings. The van der Waals surface area contributed by atoms with Crippen LogP contribution in [0.5, 0.6) is 0 Å². The first-order valence-corrected chi connectivity index (χ1v) is 4.30. The molecule has 0 fully saturated rings. The van der Waals surface area contributed by atoms with Gasteiger partial charge in [0.2, 0.25) is 0 Å².